The molecule has 0 saturated carbocycles. The molecule has 5 heterocycles. The molecule has 0 aliphatic carbocycles. The van der Waals surface area contributed by atoms with Gasteiger partial charge in [0.05, 0.1) is 36.5 Å². The van der Waals surface area contributed by atoms with Gasteiger partial charge in [-0.15, -0.1) is 0 Å². The number of aromatic nitrogens is 1. The lowest BCUT2D eigenvalue weighted by atomic mass is 9.86. The summed E-state index contributed by atoms with van der Waals surface area (Å²) in [6.45, 7) is 2.92. The van der Waals surface area contributed by atoms with E-state index in [1.807, 2.05) is 0 Å². The van der Waals surface area contributed by atoms with Crippen LogP contribution < -0.4 is 14.4 Å². The van der Waals surface area contributed by atoms with Crippen LogP contribution in [-0.4, -0.2) is 85.3 Å². The molecule has 294 valence electrons. The van der Waals surface area contributed by atoms with Gasteiger partial charge < -0.3 is 23.8 Å². The molecule has 8 rings (SSSR count). The fraction of sp³-hybridized carbons (Fsp3) is 0.381. The number of carbonyl (C=O) groups excluding carboxylic acids is 3. The number of halogens is 3. The third-order valence-electron chi connectivity index (χ3n) is 10.9. The highest BCUT2D eigenvalue weighted by Crippen LogP contribution is 2.37. The number of anilines is 1. The number of para-hydroxylation sites is 1. The first-order valence-corrected chi connectivity index (χ1v) is 19.4. The maximum atomic E-state index is 15.2. The van der Waals surface area contributed by atoms with E-state index < -0.39 is 30.0 Å². The molecular weight excluding hydrogens is 762 g/mol. The number of piperidine rings is 3. The lowest BCUT2D eigenvalue weighted by molar-refractivity contribution is -0.154. The van der Waals surface area contributed by atoms with Crippen molar-refractivity contribution in [1.82, 2.24) is 14.8 Å². The number of benzene rings is 3. The van der Waals surface area contributed by atoms with Crippen LogP contribution in [0.4, 0.5) is 14.9 Å². The lowest BCUT2D eigenvalue weighted by Gasteiger charge is -2.44. The van der Waals surface area contributed by atoms with Crippen LogP contribution in [0.2, 0.25) is 10.0 Å². The molecule has 0 N–H and O–H groups in total. The summed E-state index contributed by atoms with van der Waals surface area (Å²) in [6.07, 6.45) is 4.18. The van der Waals surface area contributed by atoms with E-state index in [1.54, 1.807) is 54.6 Å². The molecule has 3 aromatic carbocycles. The molecule has 1 aromatic heterocycles. The number of ether oxygens (including phenoxy) is 4. The Morgan fingerprint density at radius 2 is 1.66 bits per heavy atom. The van der Waals surface area contributed by atoms with Crippen molar-refractivity contribution in [2.24, 2.45) is 5.92 Å². The Hall–Kier alpha value is -4.91. The molecule has 14 heteroatoms. The Balaban J connectivity index is 1.10. The maximum absolute atomic E-state index is 15.2. The van der Waals surface area contributed by atoms with Crippen LogP contribution in [0.3, 0.4) is 0 Å². The van der Waals surface area contributed by atoms with Gasteiger partial charge in [-0.2, -0.15) is 0 Å². The molecule has 56 heavy (non-hydrogen) atoms. The molecule has 3 atom stereocenters. The van der Waals surface area contributed by atoms with Crippen LogP contribution in [0.5, 0.6) is 11.5 Å². The lowest BCUT2D eigenvalue weighted by Crippen LogP contribution is -2.53. The Bertz CT molecular complexity index is 2060. The molecule has 4 aliphatic rings. The third kappa shape index (κ3) is 8.57. The fourth-order valence-electron chi connectivity index (χ4n) is 7.88. The average molecular weight is 806 g/mol. The van der Waals surface area contributed by atoms with Crippen LogP contribution in [0.25, 0.3) is 0 Å². The highest BCUT2D eigenvalue weighted by Gasteiger charge is 2.39. The molecule has 4 saturated heterocycles. The number of hydrogen-bond donors (Lipinski definition) is 0. The first kappa shape index (κ1) is 39.3. The summed E-state index contributed by atoms with van der Waals surface area (Å²) in [5.74, 6) is -0.316. The van der Waals surface area contributed by atoms with E-state index in [4.69, 9.17) is 42.1 Å². The summed E-state index contributed by atoms with van der Waals surface area (Å²) in [5, 5.41) is 0.634. The van der Waals surface area contributed by atoms with E-state index >= 15 is 4.39 Å². The van der Waals surface area contributed by atoms with Crippen molar-refractivity contribution in [3.63, 3.8) is 0 Å². The number of methoxy groups -OCH3 is 2. The van der Waals surface area contributed by atoms with Crippen molar-refractivity contribution >= 4 is 46.9 Å². The van der Waals surface area contributed by atoms with Crippen molar-refractivity contribution in [2.45, 2.75) is 56.9 Å². The van der Waals surface area contributed by atoms with Gasteiger partial charge in [-0.25, -0.2) is 14.0 Å². The number of esters is 1. The van der Waals surface area contributed by atoms with Crippen molar-refractivity contribution in [3.8, 4) is 11.5 Å². The predicted molar refractivity (Wildman–Crippen MR) is 209 cm³/mol. The number of likely N-dealkylation sites (tertiary alicyclic amines) is 1. The number of fused-ring (bicyclic) bond motifs is 3. The second-order valence-electron chi connectivity index (χ2n) is 14.3. The zero-order valence-electron chi connectivity index (χ0n) is 31.2. The maximum Gasteiger partial charge on any atom is 0.415 e. The van der Waals surface area contributed by atoms with E-state index in [0.717, 1.165) is 25.9 Å². The summed E-state index contributed by atoms with van der Waals surface area (Å²) < 4.78 is 38.4. The molecule has 2 bridgehead atoms. The third-order valence-corrected chi connectivity index (χ3v) is 11.5. The van der Waals surface area contributed by atoms with E-state index in [-0.39, 0.29) is 36.6 Å². The number of amides is 2. The van der Waals surface area contributed by atoms with Gasteiger partial charge >= 0.3 is 12.1 Å². The minimum Gasteiger partial charge on any atom is -0.493 e. The second-order valence-corrected chi connectivity index (χ2v) is 15.1. The first-order chi connectivity index (χ1) is 27.1. The van der Waals surface area contributed by atoms with E-state index in [9.17, 15) is 14.4 Å². The molecular formula is C42H43Cl2FN4O7. The van der Waals surface area contributed by atoms with Gasteiger partial charge in [0, 0.05) is 37.5 Å². The van der Waals surface area contributed by atoms with Crippen molar-refractivity contribution < 1.29 is 37.7 Å². The summed E-state index contributed by atoms with van der Waals surface area (Å²) in [6, 6.07) is 17.2. The largest absolute Gasteiger partial charge is 0.493 e. The Morgan fingerprint density at radius 1 is 0.911 bits per heavy atom. The summed E-state index contributed by atoms with van der Waals surface area (Å²) in [5.41, 5.74) is 2.13. The molecule has 4 aromatic rings. The van der Waals surface area contributed by atoms with Crippen LogP contribution in [0, 0.1) is 11.7 Å². The Labute approximate surface area is 335 Å². The standard InChI is InChI=1S/C42H43Cl2FN4O7/c1-53-36-13-12-28(20-38(36)54-2)37(21-30-31(43)22-46-23-32(30)44)55-41(51)35-11-6-16-48(35)40(50)29-8-5-7-26(19-29)24-49(34-10-4-3-9-33(34)45)42(52)56-39-25-47-17-14-27(39)15-18-47/h3-5,7-10,12-13,19-20,22-23,27,35,37,39H,6,11,14-18,21,24-25H2,1-2H3/t35-,37-,39-/m0/s1. The molecule has 4 fully saturated rings. The van der Waals surface area contributed by atoms with Gasteiger partial charge in [-0.3, -0.25) is 19.6 Å². The first-order valence-electron chi connectivity index (χ1n) is 18.7. The van der Waals surface area contributed by atoms with E-state index in [1.165, 1.54) is 48.5 Å². The number of hydrogen-bond acceptors (Lipinski definition) is 9. The molecule has 2 amide bonds. The summed E-state index contributed by atoms with van der Waals surface area (Å²) in [4.78, 5) is 51.1. The minimum absolute atomic E-state index is 0.0411. The van der Waals surface area contributed by atoms with Gasteiger partial charge in [0.2, 0.25) is 0 Å². The SMILES string of the molecule is COc1ccc([C@H](Cc2c(Cl)cncc2Cl)OC(=O)[C@@H]2CCCN2C(=O)c2cccc(CN(C(=O)O[C@H]3CN4CCC3CC4)c3ccccc3F)c2)cc1OC. The van der Waals surface area contributed by atoms with Crippen molar-refractivity contribution in [1.29, 1.82) is 0 Å². The van der Waals surface area contributed by atoms with Gasteiger partial charge in [0.25, 0.3) is 5.91 Å². The van der Waals surface area contributed by atoms with Crippen LogP contribution >= 0.6 is 23.2 Å². The van der Waals surface area contributed by atoms with E-state index in [2.05, 4.69) is 9.88 Å². The Kier molecular flexibility index (Phi) is 12.3. The van der Waals surface area contributed by atoms with Crippen LogP contribution in [0.1, 0.15) is 58.8 Å². The fourth-order valence-corrected chi connectivity index (χ4v) is 8.40. The zero-order chi connectivity index (χ0) is 39.3. The van der Waals surface area contributed by atoms with Crippen molar-refractivity contribution in [2.75, 3.05) is 45.3 Å². The molecule has 0 spiro atoms. The monoisotopic (exact) mass is 804 g/mol. The predicted octanol–water partition coefficient (Wildman–Crippen LogP) is 7.91. The zero-order valence-corrected chi connectivity index (χ0v) is 32.7. The normalized spacial score (nSPS) is 20.6. The second kappa shape index (κ2) is 17.5. The molecule has 0 unspecified atom stereocenters. The number of nitrogens with zero attached hydrogens (tertiary/aromatic N) is 4. The van der Waals surface area contributed by atoms with Gasteiger partial charge in [0.1, 0.15) is 24.1 Å². The van der Waals surface area contributed by atoms with Crippen LogP contribution in [-0.2, 0) is 27.2 Å². The van der Waals surface area contributed by atoms with Crippen molar-refractivity contribution in [3.05, 3.63) is 117 Å². The molecule has 0 radical (unpaired) electrons. The Morgan fingerprint density at radius 3 is 2.36 bits per heavy atom. The highest BCUT2D eigenvalue weighted by atomic mass is 35.5. The number of rotatable bonds is 12. The molecule has 4 aliphatic heterocycles. The number of carbonyl (C=O) groups is 3. The summed E-state index contributed by atoms with van der Waals surface area (Å²) in [7, 11) is 3.04. The quantitative estimate of drug-likeness (QED) is 0.132. The topological polar surface area (TPSA) is 111 Å². The smallest absolute Gasteiger partial charge is 0.415 e. The van der Waals surface area contributed by atoms with Crippen LogP contribution in [0.15, 0.2) is 79.1 Å². The average Bonchev–Trinajstić information content (AvgIpc) is 3.72. The number of pyridine rings is 1. The van der Waals surface area contributed by atoms with Gasteiger partial charge in [-0.05, 0) is 97.8 Å². The van der Waals surface area contributed by atoms with Gasteiger partial charge in [-0.1, -0.05) is 53.5 Å². The summed E-state index contributed by atoms with van der Waals surface area (Å²) >= 11 is 13.0. The highest BCUT2D eigenvalue weighted by molar-refractivity contribution is 6.35. The minimum atomic E-state index is -0.872. The molecule has 11 nitrogen and oxygen atoms in total. The van der Waals surface area contributed by atoms with E-state index in [0.29, 0.717) is 69.7 Å². The van der Waals surface area contributed by atoms with Gasteiger partial charge in [0.15, 0.2) is 11.5 Å².